The Hall–Kier alpha value is -4.46. The maximum Gasteiger partial charge on any atom is 0.339 e. The number of nitro groups is 1. The first-order chi connectivity index (χ1) is 15.5. The van der Waals surface area contributed by atoms with Gasteiger partial charge >= 0.3 is 5.97 Å². The van der Waals surface area contributed by atoms with Crippen molar-refractivity contribution in [3.05, 3.63) is 100 Å². The summed E-state index contributed by atoms with van der Waals surface area (Å²) in [4.78, 5) is 35.2. The second-order valence-electron chi connectivity index (χ2n) is 6.59. The summed E-state index contributed by atoms with van der Waals surface area (Å²) in [6.45, 7) is -0.522. The molecular weight excluding hydrogens is 412 g/mol. The molecule has 0 saturated heterocycles. The monoisotopic (exact) mass is 432 g/mol. The van der Waals surface area contributed by atoms with Crippen molar-refractivity contribution < 1.29 is 24.0 Å². The van der Waals surface area contributed by atoms with Crippen LogP contribution in [0.1, 0.15) is 11.1 Å². The van der Waals surface area contributed by atoms with Crippen LogP contribution in [0.15, 0.2) is 78.9 Å². The highest BCUT2D eigenvalue weighted by Gasteiger charge is 2.17. The number of carbonyl (C=O) groups excluding carboxylic acids is 2. The molecule has 0 aliphatic carbocycles. The van der Waals surface area contributed by atoms with E-state index in [1.807, 2.05) is 18.2 Å². The van der Waals surface area contributed by atoms with Crippen LogP contribution in [0.25, 0.3) is 11.6 Å². The van der Waals surface area contributed by atoms with Crippen LogP contribution in [0.3, 0.4) is 0 Å². The van der Waals surface area contributed by atoms with Crippen LogP contribution in [-0.2, 0) is 14.3 Å². The number of para-hydroxylation sites is 1. The van der Waals surface area contributed by atoms with Crippen LogP contribution in [0.2, 0.25) is 0 Å². The van der Waals surface area contributed by atoms with Gasteiger partial charge in [0.15, 0.2) is 6.61 Å². The van der Waals surface area contributed by atoms with Crippen LogP contribution >= 0.6 is 0 Å². The Morgan fingerprint density at radius 3 is 2.28 bits per heavy atom. The smallest absolute Gasteiger partial charge is 0.339 e. The van der Waals surface area contributed by atoms with E-state index in [0.717, 1.165) is 0 Å². The molecular formula is C24H20N2O6. The number of carbonyl (C=O) groups is 2. The number of benzene rings is 3. The van der Waals surface area contributed by atoms with Crippen molar-refractivity contribution in [2.45, 2.75) is 0 Å². The van der Waals surface area contributed by atoms with Gasteiger partial charge in [-0.15, -0.1) is 0 Å². The highest BCUT2D eigenvalue weighted by atomic mass is 16.6. The molecule has 0 bridgehead atoms. The second-order valence-corrected chi connectivity index (χ2v) is 6.59. The zero-order chi connectivity index (χ0) is 22.9. The molecule has 0 radical (unpaired) electrons. The molecule has 8 nitrogen and oxygen atoms in total. The van der Waals surface area contributed by atoms with Crippen LogP contribution in [0.5, 0.6) is 5.75 Å². The molecule has 0 atom stereocenters. The average molecular weight is 432 g/mol. The van der Waals surface area contributed by atoms with E-state index >= 15 is 0 Å². The number of nitrogens with one attached hydrogen (secondary N) is 1. The summed E-state index contributed by atoms with van der Waals surface area (Å²) in [5.74, 6) is -0.664. The average Bonchev–Trinajstić information content (AvgIpc) is 2.82. The van der Waals surface area contributed by atoms with Crippen LogP contribution in [0.4, 0.5) is 11.4 Å². The Morgan fingerprint density at radius 2 is 1.62 bits per heavy atom. The van der Waals surface area contributed by atoms with E-state index in [0.29, 0.717) is 22.6 Å². The topological polar surface area (TPSA) is 108 Å². The van der Waals surface area contributed by atoms with Crippen molar-refractivity contribution in [1.29, 1.82) is 0 Å². The van der Waals surface area contributed by atoms with Crippen molar-refractivity contribution in [2.24, 2.45) is 0 Å². The van der Waals surface area contributed by atoms with E-state index in [-0.39, 0.29) is 11.3 Å². The lowest BCUT2D eigenvalue weighted by atomic mass is 10.0. The third-order valence-electron chi connectivity index (χ3n) is 4.44. The summed E-state index contributed by atoms with van der Waals surface area (Å²) in [7, 11) is 1.54. The van der Waals surface area contributed by atoms with Gasteiger partial charge in [-0.25, -0.2) is 4.79 Å². The first kappa shape index (κ1) is 22.2. The lowest BCUT2D eigenvalue weighted by Gasteiger charge is -2.11. The van der Waals surface area contributed by atoms with E-state index in [9.17, 15) is 19.7 Å². The van der Waals surface area contributed by atoms with Crippen molar-refractivity contribution in [2.75, 3.05) is 19.0 Å². The number of nitrogens with zero attached hydrogens (tertiary/aromatic N) is 1. The Bertz CT molecular complexity index is 1140. The summed E-state index contributed by atoms with van der Waals surface area (Å²) < 4.78 is 10.6. The number of methoxy groups -OCH3 is 1. The standard InChI is InChI=1S/C24H20N2O6/c1-31-22-10-6-5-9-18(22)15-21(17-7-3-2-4-8-17)24(28)32-16-23(27)25-19-11-13-20(14-12-19)26(29)30/h2-15H,16H2,1H3,(H,25,27). The third kappa shape index (κ3) is 5.79. The molecule has 3 aromatic rings. The molecule has 0 fully saturated rings. The lowest BCUT2D eigenvalue weighted by Crippen LogP contribution is -2.21. The molecule has 8 heteroatoms. The van der Waals surface area contributed by atoms with E-state index in [1.165, 1.54) is 31.4 Å². The van der Waals surface area contributed by atoms with Gasteiger partial charge in [0.05, 0.1) is 17.6 Å². The van der Waals surface area contributed by atoms with Gasteiger partial charge in [-0.2, -0.15) is 0 Å². The van der Waals surface area contributed by atoms with Gasteiger partial charge in [0.1, 0.15) is 5.75 Å². The minimum Gasteiger partial charge on any atom is -0.496 e. The molecule has 0 heterocycles. The van der Waals surface area contributed by atoms with Crippen molar-refractivity contribution in [3.8, 4) is 5.75 Å². The maximum absolute atomic E-state index is 12.8. The Balaban J connectivity index is 1.73. The number of hydrogen-bond acceptors (Lipinski definition) is 6. The highest BCUT2D eigenvalue weighted by molar-refractivity contribution is 6.22. The third-order valence-corrected chi connectivity index (χ3v) is 4.44. The van der Waals surface area contributed by atoms with Crippen LogP contribution < -0.4 is 10.1 Å². The quantitative estimate of drug-likeness (QED) is 0.187. The summed E-state index contributed by atoms with van der Waals surface area (Å²) >= 11 is 0. The van der Waals surface area contributed by atoms with E-state index in [1.54, 1.807) is 42.5 Å². The number of nitro benzene ring substituents is 1. The number of rotatable bonds is 8. The lowest BCUT2D eigenvalue weighted by molar-refractivity contribution is -0.384. The minimum absolute atomic E-state index is 0.0941. The molecule has 0 aliphatic heterocycles. The molecule has 0 aliphatic rings. The minimum atomic E-state index is -0.680. The summed E-state index contributed by atoms with van der Waals surface area (Å²) in [6, 6.07) is 21.5. The number of non-ortho nitro benzene ring substituents is 1. The molecule has 1 amide bonds. The zero-order valence-electron chi connectivity index (χ0n) is 17.2. The SMILES string of the molecule is COc1ccccc1C=C(C(=O)OCC(=O)Nc1ccc([N+](=O)[O-])cc1)c1ccccc1. The van der Waals surface area contributed by atoms with Gasteiger partial charge in [-0.1, -0.05) is 48.5 Å². The van der Waals surface area contributed by atoms with E-state index < -0.39 is 23.4 Å². The second kappa shape index (κ2) is 10.5. The number of amides is 1. The molecule has 32 heavy (non-hydrogen) atoms. The zero-order valence-corrected chi connectivity index (χ0v) is 17.2. The molecule has 3 rings (SSSR count). The highest BCUT2D eigenvalue weighted by Crippen LogP contribution is 2.25. The molecule has 0 saturated carbocycles. The van der Waals surface area contributed by atoms with Crippen LogP contribution in [-0.4, -0.2) is 30.5 Å². The molecule has 1 N–H and O–H groups in total. The van der Waals surface area contributed by atoms with E-state index in [2.05, 4.69) is 5.32 Å². The number of esters is 1. The fourth-order valence-corrected chi connectivity index (χ4v) is 2.89. The largest absolute Gasteiger partial charge is 0.496 e. The molecule has 162 valence electrons. The van der Waals surface area contributed by atoms with Crippen molar-refractivity contribution in [3.63, 3.8) is 0 Å². The molecule has 0 aromatic heterocycles. The molecule has 3 aromatic carbocycles. The fraction of sp³-hybridized carbons (Fsp3) is 0.0833. The Kier molecular flexibility index (Phi) is 7.32. The normalized spacial score (nSPS) is 10.8. The fourth-order valence-electron chi connectivity index (χ4n) is 2.89. The molecule has 0 unspecified atom stereocenters. The Morgan fingerprint density at radius 1 is 0.969 bits per heavy atom. The van der Waals surface area contributed by atoms with Gasteiger partial charge < -0.3 is 14.8 Å². The number of hydrogen-bond donors (Lipinski definition) is 1. The van der Waals surface area contributed by atoms with Gasteiger partial charge in [0.25, 0.3) is 11.6 Å². The summed E-state index contributed by atoms with van der Waals surface area (Å²) in [6.07, 6.45) is 1.64. The number of anilines is 1. The van der Waals surface area contributed by atoms with Gasteiger partial charge in [-0.05, 0) is 29.8 Å². The van der Waals surface area contributed by atoms with E-state index in [4.69, 9.17) is 9.47 Å². The molecule has 0 spiro atoms. The summed E-state index contributed by atoms with van der Waals surface area (Å²) in [5, 5.41) is 13.2. The van der Waals surface area contributed by atoms with Gasteiger partial charge in [0.2, 0.25) is 0 Å². The predicted octanol–water partition coefficient (Wildman–Crippen LogP) is 4.33. The summed E-state index contributed by atoms with van der Waals surface area (Å²) in [5.41, 5.74) is 1.83. The van der Waals surface area contributed by atoms with Crippen LogP contribution in [0, 0.1) is 10.1 Å². The van der Waals surface area contributed by atoms with Gasteiger partial charge in [-0.3, -0.25) is 14.9 Å². The maximum atomic E-state index is 12.8. The first-order valence-electron chi connectivity index (χ1n) is 9.59. The Labute approximate surface area is 184 Å². The predicted molar refractivity (Wildman–Crippen MR) is 120 cm³/mol. The van der Waals surface area contributed by atoms with Crippen molar-refractivity contribution in [1.82, 2.24) is 0 Å². The van der Waals surface area contributed by atoms with Crippen molar-refractivity contribution >= 4 is 34.9 Å². The first-order valence-corrected chi connectivity index (χ1v) is 9.59. The number of ether oxygens (including phenoxy) is 2. The van der Waals surface area contributed by atoms with Gasteiger partial charge in [0, 0.05) is 23.4 Å².